The van der Waals surface area contributed by atoms with Crippen molar-refractivity contribution in [1.82, 2.24) is 4.90 Å². The Morgan fingerprint density at radius 3 is 2.36 bits per heavy atom. The van der Waals surface area contributed by atoms with E-state index in [1.54, 1.807) is 11.3 Å². The number of hydrogen-bond donors (Lipinski definition) is 2. The molecule has 1 unspecified atom stereocenters. The van der Waals surface area contributed by atoms with Gasteiger partial charge in [-0.3, -0.25) is 9.59 Å². The van der Waals surface area contributed by atoms with Gasteiger partial charge in [0.2, 0.25) is 6.41 Å². The third-order valence-electron chi connectivity index (χ3n) is 4.95. The van der Waals surface area contributed by atoms with E-state index in [-0.39, 0.29) is 6.47 Å². The molecule has 0 saturated carbocycles. The predicted octanol–water partition coefficient (Wildman–Crippen LogP) is 5.36. The number of carbonyl (C=O) groups excluding carboxylic acids is 1. The molecule has 1 fully saturated rings. The average Bonchev–Trinajstić information content (AvgIpc) is 3.01. The van der Waals surface area contributed by atoms with E-state index in [1.165, 1.54) is 80.6 Å². The minimum atomic E-state index is -0.250. The van der Waals surface area contributed by atoms with Gasteiger partial charge in [0.1, 0.15) is 0 Å². The highest BCUT2D eigenvalue weighted by Crippen LogP contribution is 2.38. The Hall–Kier alpha value is -1.40. The molecule has 0 aromatic carbocycles. The van der Waals surface area contributed by atoms with Gasteiger partial charge >= 0.3 is 0 Å². The molecule has 1 aliphatic carbocycles. The van der Waals surface area contributed by atoms with E-state index in [0.29, 0.717) is 0 Å². The van der Waals surface area contributed by atoms with Crippen LogP contribution in [0.5, 0.6) is 0 Å². The first kappa shape index (κ1) is 26.6. The van der Waals surface area contributed by atoms with Crippen molar-refractivity contribution in [2.24, 2.45) is 5.92 Å². The highest BCUT2D eigenvalue weighted by atomic mass is 32.1. The average molecular weight is 413 g/mol. The second-order valence-corrected chi connectivity index (χ2v) is 8.18. The van der Waals surface area contributed by atoms with Crippen LogP contribution >= 0.6 is 11.3 Å². The maximum absolute atomic E-state index is 10.4. The molecule has 1 atom stereocenters. The molecular weight excluding hydrogens is 372 g/mol. The molecule has 2 heterocycles. The molecular formula is C22H40N2O3S. The van der Waals surface area contributed by atoms with Crippen LogP contribution in [0.3, 0.4) is 0 Å². The summed E-state index contributed by atoms with van der Waals surface area (Å²) in [5, 5.41) is 10.7. The van der Waals surface area contributed by atoms with Crippen LogP contribution in [0.1, 0.15) is 75.8 Å². The van der Waals surface area contributed by atoms with Gasteiger partial charge in [0.25, 0.3) is 6.47 Å². The number of nitrogens with zero attached hydrogens (tertiary/aromatic N) is 1. The van der Waals surface area contributed by atoms with Gasteiger partial charge in [-0.05, 0) is 82.1 Å². The van der Waals surface area contributed by atoms with Crippen molar-refractivity contribution in [3.63, 3.8) is 0 Å². The summed E-state index contributed by atoms with van der Waals surface area (Å²) in [5.74, 6) is 0.796. The van der Waals surface area contributed by atoms with E-state index in [9.17, 15) is 4.79 Å². The summed E-state index contributed by atoms with van der Waals surface area (Å²) in [7, 11) is 0. The number of anilines is 1. The number of likely N-dealkylation sites (tertiary alicyclic amines) is 1. The van der Waals surface area contributed by atoms with Crippen LogP contribution in [0.25, 0.3) is 0 Å². The molecule has 6 heteroatoms. The predicted molar refractivity (Wildman–Crippen MR) is 121 cm³/mol. The zero-order valence-electron chi connectivity index (χ0n) is 18.4. The summed E-state index contributed by atoms with van der Waals surface area (Å²) >= 11 is 1.75. The largest absolute Gasteiger partial charge is 0.483 e. The molecule has 0 bridgehead atoms. The molecule has 2 aliphatic rings. The normalized spacial score (nSPS) is 18.0. The van der Waals surface area contributed by atoms with Gasteiger partial charge in [-0.2, -0.15) is 0 Å². The third-order valence-corrected chi connectivity index (χ3v) is 6.24. The number of piperidine rings is 1. The summed E-state index contributed by atoms with van der Waals surface area (Å²) < 4.78 is 0. The van der Waals surface area contributed by atoms with Crippen LogP contribution in [0.2, 0.25) is 0 Å². The number of fused-ring (bicyclic) bond motifs is 1. The molecule has 0 radical (unpaired) electrons. The third kappa shape index (κ3) is 9.69. The van der Waals surface area contributed by atoms with Gasteiger partial charge in [-0.15, -0.1) is 11.3 Å². The SMILES string of the molecule is CC.CCCN1CCCCC1.Cc1c(NC=O)sc2c1CCC(C)C2.O=CO. The van der Waals surface area contributed by atoms with Crippen LogP contribution in [0.4, 0.5) is 5.00 Å². The Morgan fingerprint density at radius 1 is 1.21 bits per heavy atom. The lowest BCUT2D eigenvalue weighted by Crippen LogP contribution is -2.30. The lowest BCUT2D eigenvalue weighted by atomic mass is 9.89. The lowest BCUT2D eigenvalue weighted by molar-refractivity contribution is -0.122. The van der Waals surface area contributed by atoms with Crippen LogP contribution in [-0.4, -0.2) is 42.5 Å². The lowest BCUT2D eigenvalue weighted by Gasteiger charge is -2.25. The number of carboxylic acid groups (broad SMARTS) is 1. The van der Waals surface area contributed by atoms with Gasteiger partial charge in [-0.25, -0.2) is 0 Å². The molecule has 1 amide bonds. The maximum Gasteiger partial charge on any atom is 0.290 e. The Balaban J connectivity index is 0.000000449. The number of amides is 1. The zero-order chi connectivity index (χ0) is 21.4. The summed E-state index contributed by atoms with van der Waals surface area (Å²) in [4.78, 5) is 22.8. The fourth-order valence-corrected chi connectivity index (χ4v) is 4.98. The highest BCUT2D eigenvalue weighted by molar-refractivity contribution is 7.16. The van der Waals surface area contributed by atoms with E-state index in [4.69, 9.17) is 9.90 Å². The highest BCUT2D eigenvalue weighted by Gasteiger charge is 2.21. The summed E-state index contributed by atoms with van der Waals surface area (Å²) in [5.41, 5.74) is 2.77. The van der Waals surface area contributed by atoms with Crippen molar-refractivity contribution in [1.29, 1.82) is 0 Å². The molecule has 1 aliphatic heterocycles. The van der Waals surface area contributed by atoms with Crippen molar-refractivity contribution in [2.75, 3.05) is 25.0 Å². The van der Waals surface area contributed by atoms with Crippen molar-refractivity contribution in [3.05, 3.63) is 16.0 Å². The molecule has 0 spiro atoms. The van der Waals surface area contributed by atoms with Crippen LogP contribution < -0.4 is 5.32 Å². The number of rotatable bonds is 4. The van der Waals surface area contributed by atoms with E-state index in [0.717, 1.165) is 17.3 Å². The van der Waals surface area contributed by atoms with Crippen molar-refractivity contribution >= 4 is 29.2 Å². The van der Waals surface area contributed by atoms with Crippen LogP contribution in [-0.2, 0) is 22.4 Å². The molecule has 1 aromatic heterocycles. The van der Waals surface area contributed by atoms with E-state index in [1.807, 2.05) is 13.8 Å². The van der Waals surface area contributed by atoms with E-state index in [2.05, 4.69) is 31.0 Å². The number of hydrogen-bond acceptors (Lipinski definition) is 4. The molecule has 1 saturated heterocycles. The number of carbonyl (C=O) groups is 2. The van der Waals surface area contributed by atoms with Gasteiger partial charge < -0.3 is 15.3 Å². The topological polar surface area (TPSA) is 69.6 Å². The summed E-state index contributed by atoms with van der Waals surface area (Å²) in [6.45, 7) is 14.4. The fourth-order valence-electron chi connectivity index (χ4n) is 3.60. The maximum atomic E-state index is 10.4. The molecule has 1 aromatic rings. The number of thiophene rings is 1. The molecule has 28 heavy (non-hydrogen) atoms. The molecule has 162 valence electrons. The molecule has 5 nitrogen and oxygen atoms in total. The van der Waals surface area contributed by atoms with Crippen molar-refractivity contribution in [2.45, 2.75) is 79.6 Å². The van der Waals surface area contributed by atoms with E-state index < -0.39 is 0 Å². The minimum absolute atomic E-state index is 0.250. The first-order valence-corrected chi connectivity index (χ1v) is 11.5. The van der Waals surface area contributed by atoms with Crippen molar-refractivity contribution in [3.8, 4) is 0 Å². The van der Waals surface area contributed by atoms with Crippen molar-refractivity contribution < 1.29 is 14.7 Å². The minimum Gasteiger partial charge on any atom is -0.483 e. The Bertz CT molecular complexity index is 537. The molecule has 3 rings (SSSR count). The van der Waals surface area contributed by atoms with Gasteiger partial charge in [0.05, 0.1) is 5.00 Å². The first-order chi connectivity index (χ1) is 13.6. The summed E-state index contributed by atoms with van der Waals surface area (Å²) in [6.07, 6.45) is 10.1. The first-order valence-electron chi connectivity index (χ1n) is 10.7. The Kier molecular flexibility index (Phi) is 15.7. The smallest absolute Gasteiger partial charge is 0.290 e. The van der Waals surface area contributed by atoms with Crippen LogP contribution in [0.15, 0.2) is 0 Å². The standard InChI is InChI=1S/C11H15NOS.C8H17N.C2H6.CH2O2/c1-7-3-4-9-8(2)11(12-6-13)14-10(9)5-7;1-2-6-9-7-4-3-5-8-9;1-2;2-1-3/h6-7H,3-5H2,1-2H3,(H,12,13);2-8H2,1H3;1-2H3;1H,(H,2,3). The second-order valence-electron chi connectivity index (χ2n) is 7.08. The van der Waals surface area contributed by atoms with Gasteiger partial charge in [0.15, 0.2) is 0 Å². The second kappa shape index (κ2) is 16.5. The van der Waals surface area contributed by atoms with Gasteiger partial charge in [-0.1, -0.05) is 34.1 Å². The van der Waals surface area contributed by atoms with E-state index >= 15 is 0 Å². The quantitative estimate of drug-likeness (QED) is 0.653. The Morgan fingerprint density at radius 2 is 1.82 bits per heavy atom. The fraction of sp³-hybridized carbons (Fsp3) is 0.727. The Labute approximate surface area is 175 Å². The van der Waals surface area contributed by atoms with Crippen LogP contribution in [0, 0.1) is 12.8 Å². The van der Waals surface area contributed by atoms with Gasteiger partial charge in [0, 0.05) is 4.88 Å². The zero-order valence-corrected chi connectivity index (χ0v) is 19.2. The number of nitrogens with one attached hydrogen (secondary N) is 1. The molecule has 2 N–H and O–H groups in total. The summed E-state index contributed by atoms with van der Waals surface area (Å²) in [6, 6.07) is 0. The monoisotopic (exact) mass is 412 g/mol.